The lowest BCUT2D eigenvalue weighted by atomic mass is 10.2. The number of carboxylic acid groups (broad SMARTS) is 3. The molecule has 0 saturated heterocycles. The first kappa shape index (κ1) is 38.1. The summed E-state index contributed by atoms with van der Waals surface area (Å²) in [5.41, 5.74) is 3.05. The zero-order chi connectivity index (χ0) is 36.4. The Labute approximate surface area is 258 Å². The number of carboxylic acids is 3. The Hall–Kier alpha value is -6.09. The van der Waals surface area contributed by atoms with E-state index in [-0.39, 0.29) is 5.82 Å². The number of aliphatic carboxylic acids is 3. The minimum absolute atomic E-state index is 0.350. The van der Waals surface area contributed by atoms with E-state index < -0.39 is 36.4 Å². The number of nitrogens with one attached hydrogen (secondary N) is 2. The van der Waals surface area contributed by atoms with Gasteiger partial charge in [0.1, 0.15) is 11.6 Å². The summed E-state index contributed by atoms with van der Waals surface area (Å²) in [6.45, 7) is 0. The van der Waals surface area contributed by atoms with Crippen LogP contribution in [0.15, 0.2) is 67.1 Å². The lowest BCUT2D eigenvalue weighted by Crippen LogP contribution is -2.21. The molecular formula is C26H16F10N6O6. The molecule has 3 heterocycles. The number of pyridine rings is 1. The Bertz CT molecular complexity index is 1820. The van der Waals surface area contributed by atoms with E-state index in [1.807, 2.05) is 30.3 Å². The number of rotatable bonds is 3. The molecule has 0 atom stereocenters. The Morgan fingerprint density at radius 2 is 1.25 bits per heavy atom. The fraction of sp³-hybridized carbons (Fsp3) is 0.115. The van der Waals surface area contributed by atoms with E-state index in [2.05, 4.69) is 30.5 Å². The summed E-state index contributed by atoms with van der Waals surface area (Å²) in [7, 11) is 0. The summed E-state index contributed by atoms with van der Waals surface area (Å²) in [5.74, 6) is -7.73. The number of benzene rings is 2. The number of aromatic nitrogens is 5. The van der Waals surface area contributed by atoms with Crippen molar-refractivity contribution in [2.45, 2.75) is 18.5 Å². The Morgan fingerprint density at radius 1 is 0.729 bits per heavy atom. The monoisotopic (exact) mass is 698 g/mol. The average Bonchev–Trinajstić information content (AvgIpc) is 3.45. The van der Waals surface area contributed by atoms with E-state index in [0.29, 0.717) is 22.5 Å². The minimum Gasteiger partial charge on any atom is -0.475 e. The SMILES string of the molecule is Fc1cccc2nc(-c3ccncc3)nc(Nc3ccc4[nH]ncc4c3)c12.O=C(O)C(F)(F)F.O=C(O)C(F)(F)F.O=C(O)C(F)(F)F. The van der Waals surface area contributed by atoms with Gasteiger partial charge in [0, 0.05) is 29.0 Å². The van der Waals surface area contributed by atoms with Gasteiger partial charge in [0.2, 0.25) is 0 Å². The van der Waals surface area contributed by atoms with Gasteiger partial charge in [-0.2, -0.15) is 44.6 Å². The maximum Gasteiger partial charge on any atom is 0.490 e. The van der Waals surface area contributed by atoms with Crippen molar-refractivity contribution in [1.29, 1.82) is 0 Å². The predicted molar refractivity (Wildman–Crippen MR) is 143 cm³/mol. The highest BCUT2D eigenvalue weighted by molar-refractivity contribution is 5.93. The number of anilines is 2. The number of halogens is 10. The number of H-pyrrole nitrogens is 1. The van der Waals surface area contributed by atoms with Crippen LogP contribution >= 0.6 is 0 Å². The molecule has 2 aromatic carbocycles. The lowest BCUT2D eigenvalue weighted by Gasteiger charge is -2.12. The predicted octanol–water partition coefficient (Wildman–Crippen LogP) is 6.35. The fourth-order valence-corrected chi connectivity index (χ4v) is 3.02. The number of hydrogen-bond acceptors (Lipinski definition) is 8. The first-order valence-electron chi connectivity index (χ1n) is 12.1. The van der Waals surface area contributed by atoms with Crippen molar-refractivity contribution >= 4 is 51.2 Å². The van der Waals surface area contributed by atoms with Crippen LogP contribution in [0.25, 0.3) is 33.2 Å². The van der Waals surface area contributed by atoms with E-state index >= 15 is 0 Å². The molecule has 0 radical (unpaired) electrons. The summed E-state index contributed by atoms with van der Waals surface area (Å²) < 4.78 is 110. The normalized spacial score (nSPS) is 11.2. The molecule has 5 aromatic rings. The van der Waals surface area contributed by atoms with Crippen LogP contribution in [0.1, 0.15) is 0 Å². The third kappa shape index (κ3) is 11.4. The van der Waals surface area contributed by atoms with Crippen molar-refractivity contribution in [3.05, 3.63) is 72.9 Å². The van der Waals surface area contributed by atoms with Crippen LogP contribution in [0.2, 0.25) is 0 Å². The zero-order valence-electron chi connectivity index (χ0n) is 23.0. The van der Waals surface area contributed by atoms with E-state index in [9.17, 15) is 43.9 Å². The van der Waals surface area contributed by atoms with Crippen LogP contribution < -0.4 is 5.32 Å². The van der Waals surface area contributed by atoms with Crippen molar-refractivity contribution in [2.24, 2.45) is 0 Å². The van der Waals surface area contributed by atoms with E-state index in [4.69, 9.17) is 29.7 Å². The summed E-state index contributed by atoms with van der Waals surface area (Å²) >= 11 is 0. The van der Waals surface area contributed by atoms with Gasteiger partial charge >= 0.3 is 36.4 Å². The van der Waals surface area contributed by atoms with Gasteiger partial charge in [-0.15, -0.1) is 0 Å². The van der Waals surface area contributed by atoms with Gasteiger partial charge in [-0.25, -0.2) is 28.7 Å². The van der Waals surface area contributed by atoms with E-state index in [1.54, 1.807) is 30.7 Å². The van der Waals surface area contributed by atoms with Crippen molar-refractivity contribution in [1.82, 2.24) is 25.1 Å². The topological polar surface area (TPSA) is 191 Å². The Balaban J connectivity index is 0.000000313. The molecule has 0 unspecified atom stereocenters. The second-order valence-corrected chi connectivity index (χ2v) is 8.47. The highest BCUT2D eigenvalue weighted by Crippen LogP contribution is 2.30. The van der Waals surface area contributed by atoms with E-state index in [1.165, 1.54) is 6.07 Å². The van der Waals surface area contributed by atoms with Crippen LogP contribution in [-0.2, 0) is 14.4 Å². The zero-order valence-corrected chi connectivity index (χ0v) is 23.0. The number of nitrogens with zero attached hydrogens (tertiary/aromatic N) is 4. The molecule has 0 aliphatic carbocycles. The summed E-state index contributed by atoms with van der Waals surface area (Å²) in [6, 6.07) is 14.2. The number of carbonyl (C=O) groups is 3. The number of alkyl halides is 9. The molecule has 0 bridgehead atoms. The first-order chi connectivity index (χ1) is 22.1. The number of aromatic amines is 1. The first-order valence-corrected chi connectivity index (χ1v) is 12.1. The quantitative estimate of drug-likeness (QED) is 0.132. The van der Waals surface area contributed by atoms with Crippen LogP contribution in [0.4, 0.5) is 55.4 Å². The Morgan fingerprint density at radius 3 is 1.75 bits per heavy atom. The molecule has 0 saturated carbocycles. The minimum atomic E-state index is -5.08. The van der Waals surface area contributed by atoms with Crippen molar-refractivity contribution in [3.8, 4) is 11.4 Å². The highest BCUT2D eigenvalue weighted by atomic mass is 19.4. The molecule has 0 fully saturated rings. The van der Waals surface area contributed by atoms with Gasteiger partial charge in [0.05, 0.1) is 22.6 Å². The van der Waals surface area contributed by atoms with Gasteiger partial charge in [0.15, 0.2) is 5.82 Å². The third-order valence-electron chi connectivity index (χ3n) is 5.04. The molecule has 22 heteroatoms. The van der Waals surface area contributed by atoms with Crippen LogP contribution in [0, 0.1) is 5.82 Å². The maximum absolute atomic E-state index is 14.5. The van der Waals surface area contributed by atoms with Gasteiger partial charge in [-0.05, 0) is 42.5 Å². The van der Waals surface area contributed by atoms with E-state index in [0.717, 1.165) is 22.2 Å². The van der Waals surface area contributed by atoms with Gasteiger partial charge in [-0.1, -0.05) is 6.07 Å². The number of fused-ring (bicyclic) bond motifs is 2. The van der Waals surface area contributed by atoms with Crippen LogP contribution in [0.3, 0.4) is 0 Å². The van der Waals surface area contributed by atoms with Crippen molar-refractivity contribution < 1.29 is 73.6 Å². The molecule has 0 amide bonds. The van der Waals surface area contributed by atoms with Gasteiger partial charge < -0.3 is 20.6 Å². The van der Waals surface area contributed by atoms with Crippen molar-refractivity contribution in [3.63, 3.8) is 0 Å². The fourth-order valence-electron chi connectivity index (χ4n) is 3.02. The molecule has 3 aromatic heterocycles. The lowest BCUT2D eigenvalue weighted by molar-refractivity contribution is -0.193. The van der Waals surface area contributed by atoms with Crippen molar-refractivity contribution in [2.75, 3.05) is 5.32 Å². The molecule has 48 heavy (non-hydrogen) atoms. The molecule has 0 aliphatic rings. The molecule has 5 rings (SSSR count). The molecule has 5 N–H and O–H groups in total. The second-order valence-electron chi connectivity index (χ2n) is 8.47. The van der Waals surface area contributed by atoms with Crippen LogP contribution in [-0.4, -0.2) is 76.9 Å². The van der Waals surface area contributed by atoms with Crippen LogP contribution in [0.5, 0.6) is 0 Å². The maximum atomic E-state index is 14.5. The highest BCUT2D eigenvalue weighted by Gasteiger charge is 2.39. The molecule has 256 valence electrons. The smallest absolute Gasteiger partial charge is 0.475 e. The molecular weight excluding hydrogens is 682 g/mol. The largest absolute Gasteiger partial charge is 0.490 e. The molecule has 0 aliphatic heterocycles. The van der Waals surface area contributed by atoms with Gasteiger partial charge in [-0.3, -0.25) is 10.1 Å². The summed E-state index contributed by atoms with van der Waals surface area (Å²) in [4.78, 5) is 39.8. The van der Waals surface area contributed by atoms with Gasteiger partial charge in [0.25, 0.3) is 0 Å². The standard InChI is InChI=1S/C20H13FN6.3C2HF3O2/c21-15-2-1-3-17-18(15)20(26-19(25-17)12-6-8-22-9-7-12)24-14-4-5-16-13(10-14)11-23-27-16;3*3-2(4,5)1(6)7/h1-11H,(H,23,27)(H,24,25,26);3*(H,6,7). The summed E-state index contributed by atoms with van der Waals surface area (Å²) in [5, 5.41) is 32.8. The summed E-state index contributed by atoms with van der Waals surface area (Å²) in [6.07, 6.45) is -10.2. The third-order valence-corrected chi connectivity index (χ3v) is 5.04. The Kier molecular flexibility index (Phi) is 12.3. The molecule has 12 nitrogen and oxygen atoms in total. The second kappa shape index (κ2) is 15.5. The molecule has 0 spiro atoms. The number of hydrogen-bond donors (Lipinski definition) is 5. The average molecular weight is 698 g/mol.